The summed E-state index contributed by atoms with van der Waals surface area (Å²) in [6, 6.07) is 18.3. The van der Waals surface area contributed by atoms with Crippen molar-refractivity contribution < 1.29 is 9.47 Å². The van der Waals surface area contributed by atoms with Gasteiger partial charge in [0.15, 0.2) is 0 Å². The number of benzene rings is 2. The molecule has 0 bridgehead atoms. The van der Waals surface area contributed by atoms with Crippen molar-refractivity contribution >= 4 is 0 Å². The van der Waals surface area contributed by atoms with E-state index in [0.29, 0.717) is 0 Å². The predicted molar refractivity (Wildman–Crippen MR) is 63.8 cm³/mol. The van der Waals surface area contributed by atoms with Gasteiger partial charge >= 0.3 is 0 Å². The summed E-state index contributed by atoms with van der Waals surface area (Å²) >= 11 is 0. The number of hydrogen-bond donors (Lipinski definition) is 0. The van der Waals surface area contributed by atoms with Gasteiger partial charge in [-0.2, -0.15) is 0 Å². The quantitative estimate of drug-likeness (QED) is 0.695. The van der Waals surface area contributed by atoms with E-state index in [9.17, 15) is 0 Å². The summed E-state index contributed by atoms with van der Waals surface area (Å²) in [5.74, 6) is 0.431. The third-order valence-electron chi connectivity index (χ3n) is 3.50. The van der Waals surface area contributed by atoms with Crippen LogP contribution in [0.25, 0.3) is 0 Å². The van der Waals surface area contributed by atoms with E-state index in [2.05, 4.69) is 18.2 Å². The maximum absolute atomic E-state index is 6.06. The molecular formula is C15H12O2. The third-order valence-corrected chi connectivity index (χ3v) is 3.50. The van der Waals surface area contributed by atoms with Gasteiger partial charge < -0.3 is 9.47 Å². The van der Waals surface area contributed by atoms with Gasteiger partial charge in [-0.3, -0.25) is 0 Å². The van der Waals surface area contributed by atoms with Gasteiger partial charge in [-0.1, -0.05) is 48.5 Å². The highest BCUT2D eigenvalue weighted by molar-refractivity contribution is 5.41. The van der Waals surface area contributed by atoms with Gasteiger partial charge in [0.25, 0.3) is 5.79 Å². The van der Waals surface area contributed by atoms with Gasteiger partial charge in [0.1, 0.15) is 11.9 Å². The number of epoxide rings is 1. The third kappa shape index (κ3) is 1.25. The zero-order valence-corrected chi connectivity index (χ0v) is 9.30. The number of rotatable bonds is 1. The number of hydrogen-bond acceptors (Lipinski definition) is 2. The molecule has 1 fully saturated rings. The highest BCUT2D eigenvalue weighted by Gasteiger charge is 2.63. The fourth-order valence-electron chi connectivity index (χ4n) is 2.56. The fourth-order valence-corrected chi connectivity index (χ4v) is 2.56. The Morgan fingerprint density at radius 2 is 1.71 bits per heavy atom. The van der Waals surface area contributed by atoms with E-state index >= 15 is 0 Å². The van der Waals surface area contributed by atoms with Gasteiger partial charge in [0.05, 0.1) is 0 Å². The van der Waals surface area contributed by atoms with Crippen LogP contribution in [0.1, 0.15) is 11.1 Å². The summed E-state index contributed by atoms with van der Waals surface area (Å²) in [7, 11) is 0. The first kappa shape index (κ1) is 9.25. The molecule has 17 heavy (non-hydrogen) atoms. The molecule has 2 unspecified atom stereocenters. The van der Waals surface area contributed by atoms with Crippen molar-refractivity contribution in [3.8, 4) is 5.75 Å². The van der Waals surface area contributed by atoms with Crippen molar-refractivity contribution in [1.29, 1.82) is 0 Å². The molecule has 2 aromatic carbocycles. The molecule has 0 spiro atoms. The van der Waals surface area contributed by atoms with Crippen molar-refractivity contribution in [2.45, 2.75) is 18.3 Å². The van der Waals surface area contributed by atoms with E-state index in [1.165, 1.54) is 5.56 Å². The minimum atomic E-state index is -0.518. The first-order valence-corrected chi connectivity index (χ1v) is 5.89. The van der Waals surface area contributed by atoms with Crippen LogP contribution in [0.15, 0.2) is 54.6 Å². The molecule has 0 radical (unpaired) electrons. The summed E-state index contributed by atoms with van der Waals surface area (Å²) < 4.78 is 11.9. The van der Waals surface area contributed by atoms with Crippen LogP contribution in [-0.4, -0.2) is 6.10 Å². The number of para-hydroxylation sites is 1. The molecule has 0 aromatic heterocycles. The largest absolute Gasteiger partial charge is 0.455 e. The smallest absolute Gasteiger partial charge is 0.264 e. The predicted octanol–water partition coefficient (Wildman–Crippen LogP) is 2.87. The van der Waals surface area contributed by atoms with Crippen LogP contribution in [0.4, 0.5) is 0 Å². The molecule has 4 rings (SSSR count). The SMILES string of the molecule is c1ccc(C23Oc4ccccc4CC2O3)cc1. The lowest BCUT2D eigenvalue weighted by Gasteiger charge is -2.22. The van der Waals surface area contributed by atoms with Crippen LogP contribution in [0.2, 0.25) is 0 Å². The highest BCUT2D eigenvalue weighted by atomic mass is 16.8. The average molecular weight is 224 g/mol. The summed E-state index contributed by atoms with van der Waals surface area (Å²) in [6.07, 6.45) is 1.10. The molecule has 0 aliphatic carbocycles. The first-order chi connectivity index (χ1) is 8.38. The molecule has 2 atom stereocenters. The Labute approximate surface area is 99.8 Å². The monoisotopic (exact) mass is 224 g/mol. The standard InChI is InChI=1S/C15H12O2/c1-2-7-12(8-3-1)15-14(17-15)10-11-6-4-5-9-13(11)16-15/h1-9,14H,10H2. The van der Waals surface area contributed by atoms with Crippen molar-refractivity contribution in [1.82, 2.24) is 0 Å². The molecule has 2 aliphatic rings. The molecule has 2 aliphatic heterocycles. The second kappa shape index (κ2) is 3.11. The Balaban J connectivity index is 1.77. The zero-order valence-electron chi connectivity index (χ0n) is 9.30. The highest BCUT2D eigenvalue weighted by Crippen LogP contribution is 2.53. The lowest BCUT2D eigenvalue weighted by molar-refractivity contribution is 0.0579. The topological polar surface area (TPSA) is 21.8 Å². The Morgan fingerprint density at radius 1 is 0.941 bits per heavy atom. The molecule has 0 saturated carbocycles. The van der Waals surface area contributed by atoms with Crippen LogP contribution in [0, 0.1) is 0 Å². The molecule has 1 saturated heterocycles. The van der Waals surface area contributed by atoms with Crippen LogP contribution in [-0.2, 0) is 16.9 Å². The van der Waals surface area contributed by atoms with E-state index in [1.807, 2.05) is 36.4 Å². The fraction of sp³-hybridized carbons (Fsp3) is 0.200. The average Bonchev–Trinajstić information content (AvgIpc) is 3.11. The Bertz CT molecular complexity index is 564. The number of ether oxygens (including phenoxy) is 2. The zero-order chi connectivity index (χ0) is 11.3. The van der Waals surface area contributed by atoms with Gasteiger partial charge in [-0.25, -0.2) is 0 Å². The van der Waals surface area contributed by atoms with Crippen LogP contribution in [0.5, 0.6) is 5.75 Å². The molecule has 2 nitrogen and oxygen atoms in total. The van der Waals surface area contributed by atoms with Crippen LogP contribution >= 0.6 is 0 Å². The van der Waals surface area contributed by atoms with Crippen molar-refractivity contribution in [3.05, 3.63) is 65.7 Å². The Kier molecular flexibility index (Phi) is 1.69. The van der Waals surface area contributed by atoms with Gasteiger partial charge in [-0.15, -0.1) is 0 Å². The molecule has 84 valence electrons. The normalized spacial score (nSPS) is 28.8. The minimum Gasteiger partial charge on any atom is -0.455 e. The van der Waals surface area contributed by atoms with E-state index in [1.54, 1.807) is 0 Å². The molecular weight excluding hydrogens is 212 g/mol. The van der Waals surface area contributed by atoms with Gasteiger partial charge in [0.2, 0.25) is 0 Å². The van der Waals surface area contributed by atoms with E-state index in [4.69, 9.17) is 9.47 Å². The van der Waals surface area contributed by atoms with Crippen molar-refractivity contribution in [2.75, 3.05) is 0 Å². The summed E-state index contributed by atoms with van der Waals surface area (Å²) in [5, 5.41) is 0. The van der Waals surface area contributed by atoms with Crippen LogP contribution in [0.3, 0.4) is 0 Å². The van der Waals surface area contributed by atoms with E-state index in [-0.39, 0.29) is 6.10 Å². The summed E-state index contributed by atoms with van der Waals surface area (Å²) in [4.78, 5) is 0. The van der Waals surface area contributed by atoms with E-state index < -0.39 is 5.79 Å². The minimum absolute atomic E-state index is 0.166. The second-order valence-electron chi connectivity index (χ2n) is 4.55. The maximum atomic E-state index is 6.06. The lowest BCUT2D eigenvalue weighted by Crippen LogP contribution is -2.26. The molecule has 2 heterocycles. The van der Waals surface area contributed by atoms with E-state index in [0.717, 1.165) is 17.7 Å². The molecule has 2 aromatic rings. The van der Waals surface area contributed by atoms with Crippen LogP contribution < -0.4 is 4.74 Å². The Morgan fingerprint density at radius 3 is 2.59 bits per heavy atom. The number of fused-ring (bicyclic) bond motifs is 2. The first-order valence-electron chi connectivity index (χ1n) is 5.89. The lowest BCUT2D eigenvalue weighted by atomic mass is 9.98. The maximum Gasteiger partial charge on any atom is 0.264 e. The Hall–Kier alpha value is -1.80. The summed E-state index contributed by atoms with van der Waals surface area (Å²) in [5.41, 5.74) is 2.35. The van der Waals surface area contributed by atoms with Gasteiger partial charge in [-0.05, 0) is 11.6 Å². The second-order valence-corrected chi connectivity index (χ2v) is 4.55. The molecule has 2 heteroatoms. The van der Waals surface area contributed by atoms with Crippen molar-refractivity contribution in [2.24, 2.45) is 0 Å². The molecule has 0 amide bonds. The summed E-state index contributed by atoms with van der Waals surface area (Å²) in [6.45, 7) is 0. The van der Waals surface area contributed by atoms with Crippen molar-refractivity contribution in [3.63, 3.8) is 0 Å². The van der Waals surface area contributed by atoms with Gasteiger partial charge in [0, 0.05) is 12.0 Å². The molecule has 0 N–H and O–H groups in total.